The van der Waals surface area contributed by atoms with Crippen molar-refractivity contribution in [3.63, 3.8) is 0 Å². The fourth-order valence-corrected chi connectivity index (χ4v) is 2.30. The van der Waals surface area contributed by atoms with Crippen LogP contribution in [0.25, 0.3) is 0 Å². The van der Waals surface area contributed by atoms with Crippen molar-refractivity contribution in [1.29, 1.82) is 0 Å². The van der Waals surface area contributed by atoms with Gasteiger partial charge in [0.05, 0.1) is 6.61 Å². The van der Waals surface area contributed by atoms with Crippen LogP contribution >= 0.6 is 0 Å². The van der Waals surface area contributed by atoms with Gasteiger partial charge < -0.3 is 10.1 Å². The van der Waals surface area contributed by atoms with Crippen molar-refractivity contribution < 1.29 is 4.74 Å². The number of nitrogens with zero attached hydrogens (tertiary/aromatic N) is 1. The minimum Gasteiger partial charge on any atom is -0.383 e. The van der Waals surface area contributed by atoms with Crippen LogP contribution in [0.5, 0.6) is 0 Å². The maximum atomic E-state index is 5.22. The smallest absolute Gasteiger partial charge is 0.0589 e. The van der Waals surface area contributed by atoms with E-state index in [1.807, 2.05) is 0 Å². The zero-order valence-corrected chi connectivity index (χ0v) is 14.1. The van der Waals surface area contributed by atoms with Crippen molar-refractivity contribution in [3.8, 4) is 0 Å². The molecule has 0 aliphatic carbocycles. The molecular formula is C16H36N2O. The summed E-state index contributed by atoms with van der Waals surface area (Å²) in [4.78, 5) is 2.56. The molecule has 0 rings (SSSR count). The van der Waals surface area contributed by atoms with Crippen LogP contribution in [-0.4, -0.2) is 50.8 Å². The van der Waals surface area contributed by atoms with Gasteiger partial charge in [-0.15, -0.1) is 0 Å². The zero-order valence-electron chi connectivity index (χ0n) is 14.1. The highest BCUT2D eigenvalue weighted by atomic mass is 16.5. The van der Waals surface area contributed by atoms with E-state index in [4.69, 9.17) is 4.74 Å². The van der Waals surface area contributed by atoms with Gasteiger partial charge in [-0.05, 0) is 31.2 Å². The van der Waals surface area contributed by atoms with Crippen molar-refractivity contribution in [1.82, 2.24) is 10.2 Å². The van der Waals surface area contributed by atoms with Gasteiger partial charge in [-0.1, -0.05) is 34.6 Å². The molecular weight excluding hydrogens is 236 g/mol. The monoisotopic (exact) mass is 272 g/mol. The fourth-order valence-electron chi connectivity index (χ4n) is 2.30. The summed E-state index contributed by atoms with van der Waals surface area (Å²) >= 11 is 0. The Morgan fingerprint density at radius 3 is 2.16 bits per heavy atom. The predicted octanol–water partition coefficient (Wildman–Crippen LogP) is 3.15. The minimum absolute atomic E-state index is 0.429. The third-order valence-corrected chi connectivity index (χ3v) is 3.67. The highest BCUT2D eigenvalue weighted by Gasteiger charge is 2.14. The summed E-state index contributed by atoms with van der Waals surface area (Å²) in [6, 6.07) is 0.694. The van der Waals surface area contributed by atoms with Crippen LogP contribution in [0, 0.1) is 5.41 Å². The second kappa shape index (κ2) is 10.6. The molecule has 0 atom stereocenters. The molecule has 116 valence electrons. The first-order chi connectivity index (χ1) is 8.94. The molecule has 19 heavy (non-hydrogen) atoms. The SMILES string of the molecule is CCC(CC)N(CCNCCC(C)(C)C)CCOC. The van der Waals surface area contributed by atoms with Crippen LogP contribution in [0.3, 0.4) is 0 Å². The molecule has 0 unspecified atom stereocenters. The van der Waals surface area contributed by atoms with E-state index in [1.165, 1.54) is 19.3 Å². The molecule has 3 nitrogen and oxygen atoms in total. The molecule has 0 aromatic carbocycles. The van der Waals surface area contributed by atoms with E-state index in [9.17, 15) is 0 Å². The molecule has 0 aromatic heterocycles. The standard InChI is InChI=1S/C16H36N2O/c1-7-15(8-2)18(13-14-19-6)12-11-17-10-9-16(3,4)5/h15,17H,7-14H2,1-6H3. The topological polar surface area (TPSA) is 24.5 Å². The molecule has 0 aliphatic rings. The first-order valence-corrected chi connectivity index (χ1v) is 7.88. The van der Waals surface area contributed by atoms with Gasteiger partial charge in [0.15, 0.2) is 0 Å². The Balaban J connectivity index is 3.91. The van der Waals surface area contributed by atoms with Crippen molar-refractivity contribution in [2.45, 2.75) is 59.9 Å². The Labute approximate surface area is 121 Å². The van der Waals surface area contributed by atoms with E-state index in [0.717, 1.165) is 32.8 Å². The maximum Gasteiger partial charge on any atom is 0.0589 e. The maximum absolute atomic E-state index is 5.22. The number of nitrogens with one attached hydrogen (secondary N) is 1. The molecule has 0 radical (unpaired) electrons. The van der Waals surface area contributed by atoms with Crippen molar-refractivity contribution in [2.24, 2.45) is 5.41 Å². The number of ether oxygens (including phenoxy) is 1. The van der Waals surface area contributed by atoms with Gasteiger partial charge in [0.25, 0.3) is 0 Å². The Morgan fingerprint density at radius 1 is 1.05 bits per heavy atom. The Morgan fingerprint density at radius 2 is 1.68 bits per heavy atom. The van der Waals surface area contributed by atoms with Gasteiger partial charge in [-0.2, -0.15) is 0 Å². The zero-order chi connectivity index (χ0) is 14.7. The van der Waals surface area contributed by atoms with Crippen LogP contribution in [-0.2, 0) is 4.74 Å². The summed E-state index contributed by atoms with van der Waals surface area (Å²) in [5.74, 6) is 0. The number of methoxy groups -OCH3 is 1. The van der Waals surface area contributed by atoms with Gasteiger partial charge in [0.2, 0.25) is 0 Å². The second-order valence-corrected chi connectivity index (χ2v) is 6.56. The van der Waals surface area contributed by atoms with Gasteiger partial charge in [-0.25, -0.2) is 0 Å². The predicted molar refractivity (Wildman–Crippen MR) is 84.8 cm³/mol. The highest BCUT2D eigenvalue weighted by Crippen LogP contribution is 2.16. The number of hydrogen-bond acceptors (Lipinski definition) is 3. The van der Waals surface area contributed by atoms with E-state index in [2.05, 4.69) is 44.8 Å². The Kier molecular flexibility index (Phi) is 10.6. The summed E-state index contributed by atoms with van der Waals surface area (Å²) in [6.45, 7) is 16.6. The summed E-state index contributed by atoms with van der Waals surface area (Å²) in [5, 5.41) is 3.57. The molecule has 0 saturated heterocycles. The Bertz CT molecular complexity index is 197. The van der Waals surface area contributed by atoms with E-state index in [1.54, 1.807) is 7.11 Å². The van der Waals surface area contributed by atoms with Crippen LogP contribution in [0.1, 0.15) is 53.9 Å². The third-order valence-electron chi connectivity index (χ3n) is 3.67. The molecule has 1 N–H and O–H groups in total. The largest absolute Gasteiger partial charge is 0.383 e. The second-order valence-electron chi connectivity index (χ2n) is 6.56. The van der Waals surface area contributed by atoms with E-state index in [0.29, 0.717) is 11.5 Å². The molecule has 0 aliphatic heterocycles. The first-order valence-electron chi connectivity index (χ1n) is 7.88. The molecule has 0 aromatic rings. The molecule has 0 fully saturated rings. The third kappa shape index (κ3) is 10.3. The van der Waals surface area contributed by atoms with E-state index in [-0.39, 0.29) is 0 Å². The lowest BCUT2D eigenvalue weighted by atomic mass is 9.92. The van der Waals surface area contributed by atoms with Gasteiger partial charge in [0, 0.05) is 32.8 Å². The summed E-state index contributed by atoms with van der Waals surface area (Å²) in [5.41, 5.74) is 0.429. The van der Waals surface area contributed by atoms with Gasteiger partial charge in [-0.3, -0.25) is 4.90 Å². The lowest BCUT2D eigenvalue weighted by Gasteiger charge is -2.30. The quantitative estimate of drug-likeness (QED) is 0.585. The van der Waals surface area contributed by atoms with Crippen molar-refractivity contribution in [2.75, 3.05) is 39.9 Å². The lowest BCUT2D eigenvalue weighted by Crippen LogP contribution is -2.41. The average molecular weight is 272 g/mol. The minimum atomic E-state index is 0.429. The van der Waals surface area contributed by atoms with Crippen LogP contribution < -0.4 is 5.32 Å². The molecule has 0 amide bonds. The highest BCUT2D eigenvalue weighted by molar-refractivity contribution is 4.70. The van der Waals surface area contributed by atoms with Gasteiger partial charge in [0.1, 0.15) is 0 Å². The number of rotatable bonds is 11. The molecule has 3 heteroatoms. The molecule has 0 heterocycles. The normalized spacial score (nSPS) is 12.6. The van der Waals surface area contributed by atoms with Crippen LogP contribution in [0.2, 0.25) is 0 Å². The molecule has 0 bridgehead atoms. The average Bonchev–Trinajstić information content (AvgIpc) is 2.34. The molecule has 0 spiro atoms. The lowest BCUT2D eigenvalue weighted by molar-refractivity contribution is 0.116. The summed E-state index contributed by atoms with van der Waals surface area (Å²) < 4.78 is 5.22. The van der Waals surface area contributed by atoms with Crippen LogP contribution in [0.15, 0.2) is 0 Å². The van der Waals surface area contributed by atoms with E-state index >= 15 is 0 Å². The summed E-state index contributed by atoms with van der Waals surface area (Å²) in [7, 11) is 1.78. The Hall–Kier alpha value is -0.120. The van der Waals surface area contributed by atoms with E-state index < -0.39 is 0 Å². The fraction of sp³-hybridized carbons (Fsp3) is 1.00. The molecule has 0 saturated carbocycles. The number of hydrogen-bond donors (Lipinski definition) is 1. The van der Waals surface area contributed by atoms with Crippen molar-refractivity contribution in [3.05, 3.63) is 0 Å². The van der Waals surface area contributed by atoms with Crippen molar-refractivity contribution >= 4 is 0 Å². The van der Waals surface area contributed by atoms with Crippen LogP contribution in [0.4, 0.5) is 0 Å². The van der Waals surface area contributed by atoms with Gasteiger partial charge >= 0.3 is 0 Å². The first kappa shape index (κ1) is 18.9. The summed E-state index contributed by atoms with van der Waals surface area (Å²) in [6.07, 6.45) is 3.68.